The lowest BCUT2D eigenvalue weighted by molar-refractivity contribution is -0.228. The number of hydrogen-bond acceptors (Lipinski definition) is 14. The van der Waals surface area contributed by atoms with Crippen LogP contribution in [-0.2, 0) is 40.3 Å². The van der Waals surface area contributed by atoms with Gasteiger partial charge in [-0.15, -0.1) is 4.28 Å². The van der Waals surface area contributed by atoms with Gasteiger partial charge in [-0.3, -0.25) is 19.1 Å². The van der Waals surface area contributed by atoms with Crippen LogP contribution in [0.15, 0.2) is 35.5 Å². The normalized spacial score (nSPS) is 19.1. The highest BCUT2D eigenvalue weighted by molar-refractivity contribution is 7.80. The Kier molecular flexibility index (Phi) is 9.02. The van der Waals surface area contributed by atoms with Crippen LogP contribution in [0.1, 0.15) is 51.0 Å². The highest BCUT2D eigenvalue weighted by Crippen LogP contribution is 2.40. The minimum Gasteiger partial charge on any atom is -0.489 e. The first-order valence-electron chi connectivity index (χ1n) is 13.8. The molecule has 0 radical (unpaired) electrons. The molecule has 3 heterocycles. The second kappa shape index (κ2) is 12.6. The number of ether oxygens (including phenoxy) is 1. The molecule has 1 aromatic carbocycles. The van der Waals surface area contributed by atoms with E-state index in [4.69, 9.17) is 24.8 Å². The summed E-state index contributed by atoms with van der Waals surface area (Å²) in [5.74, 6) is -3.47. The predicted molar refractivity (Wildman–Crippen MR) is 158 cm³/mol. The maximum Gasteiger partial charge on any atom is 0.418 e. The Morgan fingerprint density at radius 1 is 1.22 bits per heavy atom. The van der Waals surface area contributed by atoms with Gasteiger partial charge in [-0.25, -0.2) is 4.79 Å². The summed E-state index contributed by atoms with van der Waals surface area (Å²) in [4.78, 5) is 51.6. The summed E-state index contributed by atoms with van der Waals surface area (Å²) in [7, 11) is -4.99. The molecule has 1 aliphatic carbocycles. The number of fused-ring (bicyclic) bond motifs is 1. The van der Waals surface area contributed by atoms with E-state index in [-0.39, 0.29) is 11.0 Å². The van der Waals surface area contributed by atoms with Crippen LogP contribution >= 0.6 is 11.5 Å². The molecule has 1 aliphatic heterocycles. The predicted octanol–water partition coefficient (Wildman–Crippen LogP) is 2.19. The maximum atomic E-state index is 13.3. The lowest BCUT2D eigenvalue weighted by atomic mass is 9.75. The van der Waals surface area contributed by atoms with Gasteiger partial charge in [0.15, 0.2) is 16.6 Å². The Labute approximate surface area is 261 Å². The number of hydroxylamine groups is 2. The van der Waals surface area contributed by atoms with Crippen LogP contribution in [0.25, 0.3) is 10.9 Å². The fraction of sp³-hybridized carbons (Fsp3) is 0.444. The number of pyridine rings is 1. The number of nitrogen functional groups attached to an aromatic ring is 1. The van der Waals surface area contributed by atoms with Crippen LogP contribution in [0.5, 0.6) is 5.75 Å². The van der Waals surface area contributed by atoms with E-state index < -0.39 is 64.4 Å². The maximum absolute atomic E-state index is 13.3. The van der Waals surface area contributed by atoms with E-state index in [9.17, 15) is 27.9 Å². The van der Waals surface area contributed by atoms with Crippen molar-refractivity contribution in [3.05, 3.63) is 41.9 Å². The van der Waals surface area contributed by atoms with Crippen molar-refractivity contribution in [3.63, 3.8) is 0 Å². The number of aliphatic carboxylic acids is 1. The van der Waals surface area contributed by atoms with Gasteiger partial charge in [-0.2, -0.15) is 22.8 Å². The number of β-lactam (4-membered cyclic amide) rings is 1. The number of benzene rings is 1. The molecule has 0 spiro atoms. The van der Waals surface area contributed by atoms with Crippen molar-refractivity contribution in [2.24, 2.45) is 17.0 Å². The highest BCUT2D eigenvalue weighted by Gasteiger charge is 2.57. The summed E-state index contributed by atoms with van der Waals surface area (Å²) < 4.78 is 45.1. The first-order chi connectivity index (χ1) is 21.2. The third-order valence-corrected chi connectivity index (χ3v) is 8.62. The Balaban J connectivity index is 1.27. The lowest BCUT2D eigenvalue weighted by Gasteiger charge is -2.50. The van der Waals surface area contributed by atoms with Crippen molar-refractivity contribution in [1.29, 1.82) is 0 Å². The van der Waals surface area contributed by atoms with Crippen molar-refractivity contribution in [3.8, 4) is 5.75 Å². The van der Waals surface area contributed by atoms with E-state index in [2.05, 4.69) is 18.8 Å². The lowest BCUT2D eigenvalue weighted by Crippen LogP contribution is -2.68. The number of anilines is 1. The average molecular weight is 663 g/mol. The molecule has 16 nitrogen and oxygen atoms in total. The molecule has 2 fully saturated rings. The van der Waals surface area contributed by atoms with Gasteiger partial charge in [0, 0.05) is 29.0 Å². The molecular formula is C27H30N6O10S2. The molecule has 2 aromatic heterocycles. The Bertz CT molecular complexity index is 1770. The zero-order valence-electron chi connectivity index (χ0n) is 24.2. The summed E-state index contributed by atoms with van der Waals surface area (Å²) in [5, 5.41) is 14.7. The average Bonchev–Trinajstić information content (AvgIpc) is 3.38. The number of carbonyl (C=O) groups excluding carboxylic acids is 2. The molecule has 1 saturated carbocycles. The molecule has 0 bridgehead atoms. The second-order valence-corrected chi connectivity index (χ2v) is 13.1. The molecule has 3 aromatic rings. The van der Waals surface area contributed by atoms with Gasteiger partial charge in [0.2, 0.25) is 5.82 Å². The zero-order valence-corrected chi connectivity index (χ0v) is 25.8. The molecule has 240 valence electrons. The number of carbonyl (C=O) groups is 3. The van der Waals surface area contributed by atoms with E-state index in [1.807, 2.05) is 12.1 Å². The quantitative estimate of drug-likeness (QED) is 0.0972. The van der Waals surface area contributed by atoms with Crippen LogP contribution < -0.4 is 10.5 Å². The molecule has 2 aliphatic rings. The number of carboxylic acids is 1. The topological polar surface area (TPSA) is 234 Å². The number of carboxylic acid groups (broad SMARTS) is 1. The summed E-state index contributed by atoms with van der Waals surface area (Å²) in [6, 6.07) is 9.07. The van der Waals surface area contributed by atoms with Gasteiger partial charge in [0.25, 0.3) is 12.0 Å². The van der Waals surface area contributed by atoms with E-state index >= 15 is 0 Å². The number of nitrogens with zero attached hydrogens (tertiary/aromatic N) is 5. The third-order valence-electron chi connectivity index (χ3n) is 7.74. The van der Waals surface area contributed by atoms with E-state index in [1.54, 1.807) is 18.2 Å². The summed E-state index contributed by atoms with van der Waals surface area (Å²) in [5.41, 5.74) is 5.62. The molecule has 5 rings (SSSR count). The smallest absolute Gasteiger partial charge is 0.418 e. The molecular weight excluding hydrogens is 632 g/mol. The summed E-state index contributed by atoms with van der Waals surface area (Å²) >= 11 is 0.745. The first kappa shape index (κ1) is 32.1. The first-order valence-corrected chi connectivity index (χ1v) is 16.0. The van der Waals surface area contributed by atoms with Gasteiger partial charge in [0.05, 0.1) is 17.0 Å². The van der Waals surface area contributed by atoms with Crippen LogP contribution in [0, 0.1) is 11.8 Å². The fourth-order valence-corrected chi connectivity index (χ4v) is 5.86. The van der Waals surface area contributed by atoms with Gasteiger partial charge >= 0.3 is 16.4 Å². The molecule has 1 saturated heterocycles. The minimum absolute atomic E-state index is 0.0163. The zero-order chi connectivity index (χ0) is 32.5. The van der Waals surface area contributed by atoms with Crippen molar-refractivity contribution < 1.29 is 46.3 Å². The van der Waals surface area contributed by atoms with Crippen LogP contribution in [0.3, 0.4) is 0 Å². The monoisotopic (exact) mass is 662 g/mol. The van der Waals surface area contributed by atoms with E-state index in [1.165, 1.54) is 33.1 Å². The number of amides is 1. The highest BCUT2D eigenvalue weighted by atomic mass is 32.3. The molecule has 18 heteroatoms. The van der Waals surface area contributed by atoms with Gasteiger partial charge < -0.3 is 20.4 Å². The van der Waals surface area contributed by atoms with Crippen LogP contribution in [0.2, 0.25) is 0 Å². The minimum atomic E-state index is -4.99. The van der Waals surface area contributed by atoms with Crippen LogP contribution in [-0.4, -0.2) is 79.1 Å². The Morgan fingerprint density at radius 2 is 1.98 bits per heavy atom. The standard InChI is InChI=1S/C27H30N6O10S2/c1-27(2)18(24(35)33(27)43-45(38,39)40)12-20(34)22(23-30-26(28)44-32-23)31-42-21(25(36)37)13-41-17-8-9-19-15(11-17)6-7-16(29-19)10-14-4-3-5-14/h6-9,11,14,18,21H,3-5,10,12-13H2,1-2H3,(H,36,37)(H2,28,30,32)(H,38,39,40)/b31-22+/t18?,21-/m0/s1. The number of rotatable bonds is 14. The van der Waals surface area contributed by atoms with Crippen molar-refractivity contribution in [1.82, 2.24) is 19.4 Å². The number of oxime groups is 1. The second-order valence-electron chi connectivity index (χ2n) is 11.3. The SMILES string of the molecule is CC1(C)C(CC(=O)/C(=N\O[C@@H](COc2ccc3nc(CC4CCC4)ccc3c2)C(=O)O)c2nsc(N)n2)C(=O)N1OS(=O)(=O)O. The number of nitrogens with two attached hydrogens (primary N) is 1. The third kappa shape index (κ3) is 7.35. The summed E-state index contributed by atoms with van der Waals surface area (Å²) in [6.07, 6.45) is 2.45. The van der Waals surface area contributed by atoms with Crippen LogP contribution in [0.4, 0.5) is 5.13 Å². The van der Waals surface area contributed by atoms with E-state index in [0.717, 1.165) is 34.6 Å². The fourth-order valence-electron chi connectivity index (χ4n) is 4.97. The molecule has 4 N–H and O–H groups in total. The number of aromatic nitrogens is 3. The summed E-state index contributed by atoms with van der Waals surface area (Å²) in [6.45, 7) is 2.35. The number of ketones is 1. The van der Waals surface area contributed by atoms with Gasteiger partial charge in [-0.1, -0.05) is 30.5 Å². The number of hydrogen-bond donors (Lipinski definition) is 3. The van der Waals surface area contributed by atoms with Crippen molar-refractivity contribution in [2.75, 3.05) is 12.3 Å². The van der Waals surface area contributed by atoms with Crippen molar-refractivity contribution >= 4 is 61.3 Å². The largest absolute Gasteiger partial charge is 0.489 e. The molecule has 1 amide bonds. The molecule has 1 unspecified atom stereocenters. The number of Topliss-reactive ketones (excluding diaryl/α,β-unsaturated/α-hetero) is 1. The Morgan fingerprint density at radius 3 is 2.58 bits per heavy atom. The molecule has 2 atom stereocenters. The van der Waals surface area contributed by atoms with Gasteiger partial charge in [-0.05, 0) is 50.5 Å². The van der Waals surface area contributed by atoms with Crippen molar-refractivity contribution in [2.45, 2.75) is 57.6 Å². The van der Waals surface area contributed by atoms with Gasteiger partial charge in [0.1, 0.15) is 12.4 Å². The van der Waals surface area contributed by atoms with E-state index in [0.29, 0.717) is 16.7 Å². The molecule has 45 heavy (non-hydrogen) atoms. The Hall–Kier alpha value is -4.26.